The summed E-state index contributed by atoms with van der Waals surface area (Å²) < 4.78 is 0. The van der Waals surface area contributed by atoms with Crippen molar-refractivity contribution in [2.75, 3.05) is 0 Å². The van der Waals surface area contributed by atoms with Crippen LogP contribution in [0.2, 0.25) is 0 Å². The third kappa shape index (κ3) is 1.83. The predicted molar refractivity (Wildman–Crippen MR) is 31.4 cm³/mol. The van der Waals surface area contributed by atoms with Gasteiger partial charge in [-0.25, -0.2) is 9.78 Å². The fraction of sp³-hybridized carbons (Fsp3) is 0.200. The van der Waals surface area contributed by atoms with Crippen LogP contribution in [0.3, 0.4) is 0 Å². The molecule has 4 nitrogen and oxygen atoms in total. The molecule has 1 aromatic rings. The van der Waals surface area contributed by atoms with Gasteiger partial charge in [-0.1, -0.05) is 0 Å². The van der Waals surface area contributed by atoms with Crippen LogP contribution < -0.4 is 29.6 Å². The Bertz CT molecular complexity index is 238. The van der Waals surface area contributed by atoms with E-state index in [2.05, 4.69) is 9.97 Å². The first-order valence-electron chi connectivity index (χ1n) is 2.45. The van der Waals surface area contributed by atoms with Crippen LogP contribution in [0, 0.1) is 6.92 Å². The van der Waals surface area contributed by atoms with E-state index in [1.165, 1.54) is 6.33 Å². The number of imidazole rings is 1. The second-order valence-corrected chi connectivity index (χ2v) is 1.68. The number of carboxylic acid groups (broad SMARTS) is 1. The molecule has 0 aliphatic rings. The number of aryl methyl sites for hydroxylation is 1. The van der Waals surface area contributed by atoms with E-state index in [0.29, 0.717) is 5.69 Å². The zero-order valence-corrected chi connectivity index (χ0v) is 7.88. The van der Waals surface area contributed by atoms with Gasteiger partial charge in [0, 0.05) is 5.69 Å². The van der Waals surface area contributed by atoms with Gasteiger partial charge in [0.25, 0.3) is 0 Å². The van der Waals surface area contributed by atoms with Crippen molar-refractivity contribution in [1.29, 1.82) is 0 Å². The largest absolute Gasteiger partial charge is 1.00 e. The maximum absolute atomic E-state index is 10.2. The Balaban J connectivity index is 0. The third-order valence-corrected chi connectivity index (χ3v) is 1.03. The summed E-state index contributed by atoms with van der Waals surface area (Å²) in [4.78, 5) is 16.4. The molecule has 0 atom stereocenters. The van der Waals surface area contributed by atoms with E-state index < -0.39 is 5.97 Å². The first-order chi connectivity index (χ1) is 4.22. The van der Waals surface area contributed by atoms with Gasteiger partial charge in [-0.3, -0.25) is 0 Å². The minimum atomic E-state index is -0.992. The van der Waals surface area contributed by atoms with Gasteiger partial charge in [0.1, 0.15) is 0 Å². The van der Waals surface area contributed by atoms with Crippen LogP contribution in [0.15, 0.2) is 6.33 Å². The first-order valence-corrected chi connectivity index (χ1v) is 2.45. The number of aromatic carboxylic acids is 1. The average molecular weight is 150 g/mol. The number of nitrogens with zero attached hydrogens (tertiary/aromatic N) is 1. The molecular formula is C5H7N2NaO2. The van der Waals surface area contributed by atoms with Crippen molar-refractivity contribution in [1.82, 2.24) is 9.97 Å². The van der Waals surface area contributed by atoms with Gasteiger partial charge in [-0.05, 0) is 6.92 Å². The summed E-state index contributed by atoms with van der Waals surface area (Å²) in [6.45, 7) is 1.66. The van der Waals surface area contributed by atoms with Gasteiger partial charge in [0.15, 0.2) is 5.69 Å². The molecule has 0 aromatic carbocycles. The molecule has 5 heteroatoms. The molecule has 0 saturated carbocycles. The van der Waals surface area contributed by atoms with Gasteiger partial charge >= 0.3 is 35.5 Å². The molecule has 1 aromatic heterocycles. The number of aromatic amines is 1. The van der Waals surface area contributed by atoms with E-state index in [0.717, 1.165) is 0 Å². The van der Waals surface area contributed by atoms with Crippen LogP contribution >= 0.6 is 0 Å². The monoisotopic (exact) mass is 150 g/mol. The van der Waals surface area contributed by atoms with E-state index in [-0.39, 0.29) is 36.7 Å². The van der Waals surface area contributed by atoms with Crippen LogP contribution in [0.1, 0.15) is 17.6 Å². The number of nitrogens with one attached hydrogen (secondary N) is 1. The predicted octanol–water partition coefficient (Wildman–Crippen LogP) is -2.47. The molecule has 1 heterocycles. The summed E-state index contributed by atoms with van der Waals surface area (Å²) in [7, 11) is 0. The number of carboxylic acids is 1. The molecule has 0 bridgehead atoms. The molecule has 0 radical (unpaired) electrons. The molecule has 0 amide bonds. The molecule has 0 unspecified atom stereocenters. The van der Waals surface area contributed by atoms with Crippen LogP contribution in [-0.2, 0) is 0 Å². The summed E-state index contributed by atoms with van der Waals surface area (Å²) in [5, 5.41) is 8.37. The Morgan fingerprint density at radius 2 is 2.50 bits per heavy atom. The van der Waals surface area contributed by atoms with Gasteiger partial charge in [-0.15, -0.1) is 0 Å². The Kier molecular flexibility index (Phi) is 3.63. The topological polar surface area (TPSA) is 66.0 Å². The summed E-state index contributed by atoms with van der Waals surface area (Å²) in [6.07, 6.45) is 1.36. The fourth-order valence-corrected chi connectivity index (χ4v) is 0.574. The van der Waals surface area contributed by atoms with Gasteiger partial charge in [0.2, 0.25) is 0 Å². The first kappa shape index (κ1) is 9.68. The number of carbonyl (C=O) groups is 1. The number of H-pyrrole nitrogens is 1. The third-order valence-electron chi connectivity index (χ3n) is 1.03. The molecule has 0 fully saturated rings. The average Bonchev–Trinajstić information content (AvgIpc) is 2.13. The van der Waals surface area contributed by atoms with Crippen molar-refractivity contribution in [2.45, 2.75) is 6.92 Å². The van der Waals surface area contributed by atoms with Gasteiger partial charge < -0.3 is 11.5 Å². The molecule has 10 heavy (non-hydrogen) atoms. The van der Waals surface area contributed by atoms with E-state index in [4.69, 9.17) is 5.11 Å². The van der Waals surface area contributed by atoms with E-state index >= 15 is 0 Å². The minimum absolute atomic E-state index is 0. The summed E-state index contributed by atoms with van der Waals surface area (Å²) in [5.41, 5.74) is 0.678. The van der Waals surface area contributed by atoms with E-state index in [1.807, 2.05) is 0 Å². The van der Waals surface area contributed by atoms with Crippen LogP contribution in [0.5, 0.6) is 0 Å². The zero-order chi connectivity index (χ0) is 6.85. The molecule has 50 valence electrons. The second kappa shape index (κ2) is 3.75. The van der Waals surface area contributed by atoms with Crippen molar-refractivity contribution in [3.8, 4) is 0 Å². The van der Waals surface area contributed by atoms with E-state index in [9.17, 15) is 4.79 Å². The zero-order valence-electron chi connectivity index (χ0n) is 6.88. The van der Waals surface area contributed by atoms with Gasteiger partial charge in [0.05, 0.1) is 6.33 Å². The minimum Gasteiger partial charge on any atom is -1.00 e. The van der Waals surface area contributed by atoms with E-state index in [1.54, 1.807) is 6.92 Å². The number of rotatable bonds is 1. The Morgan fingerprint density at radius 1 is 1.90 bits per heavy atom. The van der Waals surface area contributed by atoms with Crippen molar-refractivity contribution >= 4 is 5.97 Å². The molecule has 0 saturated heterocycles. The molecular weight excluding hydrogens is 143 g/mol. The molecule has 0 aliphatic carbocycles. The summed E-state index contributed by atoms with van der Waals surface area (Å²) in [5.74, 6) is -0.992. The SMILES string of the molecule is Cc1[nH]cnc1C(=O)O.[H-].[Na+]. The maximum atomic E-state index is 10.2. The smallest absolute Gasteiger partial charge is 1.00 e. The normalized spacial score (nSPS) is 8.50. The summed E-state index contributed by atoms with van der Waals surface area (Å²) >= 11 is 0. The maximum Gasteiger partial charge on any atom is 1.00 e. The Morgan fingerprint density at radius 3 is 2.70 bits per heavy atom. The van der Waals surface area contributed by atoms with Crippen molar-refractivity contribution in [3.05, 3.63) is 17.7 Å². The van der Waals surface area contributed by atoms with Crippen LogP contribution in [0.25, 0.3) is 0 Å². The van der Waals surface area contributed by atoms with Crippen LogP contribution in [-0.4, -0.2) is 21.0 Å². The Hall–Kier alpha value is -0.320. The Labute approximate surface area is 81.4 Å². The van der Waals surface area contributed by atoms with Crippen LogP contribution in [0.4, 0.5) is 0 Å². The molecule has 0 aliphatic heterocycles. The number of hydrogen-bond acceptors (Lipinski definition) is 2. The fourth-order valence-electron chi connectivity index (χ4n) is 0.574. The molecule has 2 N–H and O–H groups in total. The molecule has 0 spiro atoms. The quantitative estimate of drug-likeness (QED) is 0.436. The second-order valence-electron chi connectivity index (χ2n) is 1.68. The number of hydrogen-bond donors (Lipinski definition) is 2. The van der Waals surface area contributed by atoms with Crippen molar-refractivity contribution in [3.63, 3.8) is 0 Å². The number of aromatic nitrogens is 2. The standard InChI is InChI=1S/C5H6N2O2.Na.H/c1-3-4(5(8)9)7-2-6-3;;/h2H,1H3,(H,6,7)(H,8,9);;/q;+1;-1. The van der Waals surface area contributed by atoms with Crippen molar-refractivity contribution < 1.29 is 40.9 Å². The van der Waals surface area contributed by atoms with Crippen molar-refractivity contribution in [2.24, 2.45) is 0 Å². The van der Waals surface area contributed by atoms with Gasteiger partial charge in [-0.2, -0.15) is 0 Å². The summed E-state index contributed by atoms with van der Waals surface area (Å²) in [6, 6.07) is 0. The molecule has 1 rings (SSSR count).